The summed E-state index contributed by atoms with van der Waals surface area (Å²) in [5.74, 6) is -2.40. The normalized spacial score (nSPS) is 11.6. The highest BCUT2D eigenvalue weighted by Crippen LogP contribution is 2.21. The summed E-state index contributed by atoms with van der Waals surface area (Å²) in [6.07, 6.45) is -0.177. The van der Waals surface area contributed by atoms with Crippen molar-refractivity contribution in [1.82, 2.24) is 5.32 Å². The maximum atomic E-state index is 12.0. The van der Waals surface area contributed by atoms with Gasteiger partial charge in [-0.15, -0.1) is 0 Å². The molecule has 0 bridgehead atoms. The largest absolute Gasteiger partial charge is 0.480 e. The molecule has 0 aromatic heterocycles. The number of esters is 1. The van der Waals surface area contributed by atoms with Crippen LogP contribution < -0.4 is 5.32 Å². The first-order valence-corrected chi connectivity index (χ1v) is 7.07. The number of hydrogen-bond donors (Lipinski definition) is 2. The highest BCUT2D eigenvalue weighted by molar-refractivity contribution is 9.10. The van der Waals surface area contributed by atoms with E-state index in [0.29, 0.717) is 4.47 Å². The molecular formula is C13H13BrClNO5. The lowest BCUT2D eigenvalue weighted by atomic mass is 10.1. The van der Waals surface area contributed by atoms with Crippen LogP contribution in [0.4, 0.5) is 0 Å². The van der Waals surface area contributed by atoms with Crippen molar-refractivity contribution in [1.29, 1.82) is 0 Å². The molecule has 0 aliphatic heterocycles. The molecule has 1 aromatic rings. The average molecular weight is 379 g/mol. The Morgan fingerprint density at radius 1 is 1.43 bits per heavy atom. The van der Waals surface area contributed by atoms with Crippen LogP contribution in [0.15, 0.2) is 22.7 Å². The van der Waals surface area contributed by atoms with E-state index >= 15 is 0 Å². The van der Waals surface area contributed by atoms with Crippen LogP contribution in [0.2, 0.25) is 5.02 Å². The number of aliphatic carboxylic acids is 1. The molecule has 0 heterocycles. The molecule has 1 aromatic carbocycles. The lowest BCUT2D eigenvalue weighted by Gasteiger charge is -2.14. The molecular weight excluding hydrogens is 366 g/mol. The third-order valence-corrected chi connectivity index (χ3v) is 3.45. The third-order valence-electron chi connectivity index (χ3n) is 2.64. The SMILES string of the molecule is COC(=O)CCC(NC(=O)c1ccc(Br)cc1Cl)C(=O)O. The van der Waals surface area contributed by atoms with Crippen LogP contribution in [0.5, 0.6) is 0 Å². The molecule has 0 aliphatic rings. The molecule has 0 spiro atoms. The lowest BCUT2D eigenvalue weighted by Crippen LogP contribution is -2.41. The number of ether oxygens (including phenoxy) is 1. The molecule has 0 fully saturated rings. The van der Waals surface area contributed by atoms with Crippen LogP contribution in [-0.4, -0.2) is 36.1 Å². The van der Waals surface area contributed by atoms with E-state index < -0.39 is 23.9 Å². The van der Waals surface area contributed by atoms with Gasteiger partial charge in [-0.2, -0.15) is 0 Å². The maximum absolute atomic E-state index is 12.0. The van der Waals surface area contributed by atoms with Crippen molar-refractivity contribution in [3.05, 3.63) is 33.3 Å². The van der Waals surface area contributed by atoms with Gasteiger partial charge in [-0.3, -0.25) is 9.59 Å². The lowest BCUT2D eigenvalue weighted by molar-refractivity contribution is -0.142. The van der Waals surface area contributed by atoms with Crippen LogP contribution >= 0.6 is 27.5 Å². The van der Waals surface area contributed by atoms with Crippen molar-refractivity contribution < 1.29 is 24.2 Å². The minimum atomic E-state index is -1.24. The van der Waals surface area contributed by atoms with Crippen molar-refractivity contribution >= 4 is 45.4 Å². The number of amides is 1. The molecule has 1 rings (SSSR count). The van der Waals surface area contributed by atoms with E-state index in [1.807, 2.05) is 0 Å². The van der Waals surface area contributed by atoms with Crippen molar-refractivity contribution in [2.75, 3.05) is 7.11 Å². The number of carboxylic acid groups (broad SMARTS) is 1. The monoisotopic (exact) mass is 377 g/mol. The summed E-state index contributed by atoms with van der Waals surface area (Å²) in [4.78, 5) is 34.1. The fourth-order valence-electron chi connectivity index (χ4n) is 1.53. The predicted octanol–water partition coefficient (Wildman–Crippen LogP) is 2.24. The Morgan fingerprint density at radius 2 is 2.10 bits per heavy atom. The number of carbonyl (C=O) groups is 3. The van der Waals surface area contributed by atoms with E-state index in [0.717, 1.165) is 0 Å². The first-order valence-electron chi connectivity index (χ1n) is 5.90. The molecule has 0 radical (unpaired) electrons. The van der Waals surface area contributed by atoms with Crippen LogP contribution in [0, 0.1) is 0 Å². The molecule has 114 valence electrons. The second-order valence-electron chi connectivity index (χ2n) is 4.10. The highest BCUT2D eigenvalue weighted by Gasteiger charge is 2.22. The second kappa shape index (κ2) is 7.99. The second-order valence-corrected chi connectivity index (χ2v) is 5.43. The molecule has 6 nitrogen and oxygen atoms in total. The van der Waals surface area contributed by atoms with E-state index in [4.69, 9.17) is 16.7 Å². The Hall–Kier alpha value is -1.60. The minimum Gasteiger partial charge on any atom is -0.480 e. The van der Waals surface area contributed by atoms with Gasteiger partial charge in [-0.05, 0) is 24.6 Å². The Bertz CT molecular complexity index is 563. The van der Waals surface area contributed by atoms with E-state index in [1.165, 1.54) is 19.2 Å². The van der Waals surface area contributed by atoms with E-state index in [9.17, 15) is 14.4 Å². The van der Waals surface area contributed by atoms with Gasteiger partial charge in [0.25, 0.3) is 5.91 Å². The summed E-state index contributed by atoms with van der Waals surface area (Å²) in [5, 5.41) is 11.6. The van der Waals surface area contributed by atoms with Gasteiger partial charge >= 0.3 is 11.9 Å². The smallest absolute Gasteiger partial charge is 0.326 e. The minimum absolute atomic E-state index is 0.0676. The number of nitrogens with one attached hydrogen (secondary N) is 1. The fraction of sp³-hybridized carbons (Fsp3) is 0.308. The van der Waals surface area contributed by atoms with Gasteiger partial charge in [-0.1, -0.05) is 27.5 Å². The number of halogens is 2. The maximum Gasteiger partial charge on any atom is 0.326 e. The third kappa shape index (κ3) is 5.35. The molecule has 21 heavy (non-hydrogen) atoms. The highest BCUT2D eigenvalue weighted by atomic mass is 79.9. The predicted molar refractivity (Wildman–Crippen MR) is 79.3 cm³/mol. The Kier molecular flexibility index (Phi) is 6.64. The Labute approximate surface area is 134 Å². The van der Waals surface area contributed by atoms with Crippen molar-refractivity contribution in [2.24, 2.45) is 0 Å². The fourth-order valence-corrected chi connectivity index (χ4v) is 2.29. The van der Waals surface area contributed by atoms with E-state index in [1.54, 1.807) is 6.07 Å². The van der Waals surface area contributed by atoms with Crippen molar-refractivity contribution in [3.8, 4) is 0 Å². The quantitative estimate of drug-likeness (QED) is 0.741. The summed E-state index contributed by atoms with van der Waals surface area (Å²) in [6, 6.07) is 3.42. The van der Waals surface area contributed by atoms with Gasteiger partial charge in [0.2, 0.25) is 0 Å². The van der Waals surface area contributed by atoms with Gasteiger partial charge in [0.1, 0.15) is 6.04 Å². The Morgan fingerprint density at radius 3 is 2.62 bits per heavy atom. The number of benzene rings is 1. The van der Waals surface area contributed by atoms with E-state index in [2.05, 4.69) is 26.0 Å². The van der Waals surface area contributed by atoms with Gasteiger partial charge < -0.3 is 15.2 Å². The van der Waals surface area contributed by atoms with Crippen LogP contribution in [0.1, 0.15) is 23.2 Å². The van der Waals surface area contributed by atoms with Crippen molar-refractivity contribution in [2.45, 2.75) is 18.9 Å². The summed E-state index contributed by atoms with van der Waals surface area (Å²) >= 11 is 9.13. The van der Waals surface area contributed by atoms with Gasteiger partial charge in [0.05, 0.1) is 17.7 Å². The number of hydrogen-bond acceptors (Lipinski definition) is 4. The van der Waals surface area contributed by atoms with Gasteiger partial charge in [0.15, 0.2) is 0 Å². The average Bonchev–Trinajstić information content (AvgIpc) is 2.42. The molecule has 1 amide bonds. The van der Waals surface area contributed by atoms with Crippen LogP contribution in [-0.2, 0) is 14.3 Å². The number of carboxylic acids is 1. The molecule has 2 N–H and O–H groups in total. The zero-order valence-electron chi connectivity index (χ0n) is 11.1. The first kappa shape index (κ1) is 17.5. The van der Waals surface area contributed by atoms with Gasteiger partial charge in [-0.25, -0.2) is 4.79 Å². The summed E-state index contributed by atoms with van der Waals surface area (Å²) in [6.45, 7) is 0. The zero-order valence-corrected chi connectivity index (χ0v) is 13.4. The van der Waals surface area contributed by atoms with Crippen molar-refractivity contribution in [3.63, 3.8) is 0 Å². The topological polar surface area (TPSA) is 92.7 Å². The van der Waals surface area contributed by atoms with Gasteiger partial charge in [0, 0.05) is 10.9 Å². The Balaban J connectivity index is 2.76. The number of carbonyl (C=O) groups excluding carboxylic acids is 2. The zero-order chi connectivity index (χ0) is 16.0. The summed E-state index contributed by atoms with van der Waals surface area (Å²) in [5.41, 5.74) is 0.157. The molecule has 8 heteroatoms. The summed E-state index contributed by atoms with van der Waals surface area (Å²) < 4.78 is 5.13. The summed E-state index contributed by atoms with van der Waals surface area (Å²) in [7, 11) is 1.21. The molecule has 0 saturated carbocycles. The van der Waals surface area contributed by atoms with Crippen LogP contribution in [0.3, 0.4) is 0 Å². The number of methoxy groups -OCH3 is 1. The molecule has 1 atom stereocenters. The molecule has 0 saturated heterocycles. The van der Waals surface area contributed by atoms with E-state index in [-0.39, 0.29) is 23.4 Å². The molecule has 0 aliphatic carbocycles. The first-order chi connectivity index (χ1) is 9.85. The van der Waals surface area contributed by atoms with Crippen LogP contribution in [0.25, 0.3) is 0 Å². The standard InChI is InChI=1S/C13H13BrClNO5/c1-21-11(17)5-4-10(13(19)20)16-12(18)8-3-2-7(14)6-9(8)15/h2-3,6,10H,4-5H2,1H3,(H,16,18)(H,19,20). The number of rotatable bonds is 6. The molecule has 1 unspecified atom stereocenters.